The average Bonchev–Trinajstić information content (AvgIpc) is 2.49. The van der Waals surface area contributed by atoms with Gasteiger partial charge in [-0.25, -0.2) is 0 Å². The average molecular weight is 284 g/mol. The zero-order valence-corrected chi connectivity index (χ0v) is 13.8. The van der Waals surface area contributed by atoms with Crippen molar-refractivity contribution >= 4 is 18.5 Å². The molecule has 2 aromatic rings. The predicted molar refractivity (Wildman–Crippen MR) is 93.0 cm³/mol. The monoisotopic (exact) mass is 284 g/mol. The maximum absolute atomic E-state index is 2.35. The number of benzene rings is 2. The highest BCUT2D eigenvalue weighted by atomic mass is 31.1. The molecule has 1 unspecified atom stereocenters. The molecule has 0 aliphatic rings. The van der Waals surface area contributed by atoms with E-state index < -0.39 is 0 Å². The third-order valence-electron chi connectivity index (χ3n) is 3.80. The van der Waals surface area contributed by atoms with Crippen LogP contribution in [-0.4, -0.2) is 6.16 Å². The van der Waals surface area contributed by atoms with Crippen molar-refractivity contribution in [2.24, 2.45) is 0 Å². The number of rotatable bonds is 6. The molecule has 0 saturated carbocycles. The van der Waals surface area contributed by atoms with Gasteiger partial charge in [0.25, 0.3) is 0 Å². The van der Waals surface area contributed by atoms with Gasteiger partial charge < -0.3 is 0 Å². The van der Waals surface area contributed by atoms with Crippen LogP contribution in [0.15, 0.2) is 48.5 Å². The number of hydrogen-bond acceptors (Lipinski definition) is 0. The maximum Gasteiger partial charge on any atom is -0.0163 e. The van der Waals surface area contributed by atoms with Crippen molar-refractivity contribution in [1.82, 2.24) is 0 Å². The molecule has 20 heavy (non-hydrogen) atoms. The lowest BCUT2D eigenvalue weighted by molar-refractivity contribution is 0.798. The molecular formula is C19H25P. The van der Waals surface area contributed by atoms with Crippen molar-refractivity contribution in [2.45, 2.75) is 40.0 Å². The van der Waals surface area contributed by atoms with E-state index in [1.54, 1.807) is 16.2 Å². The fraction of sp³-hybridized carbons (Fsp3) is 0.368. The number of unbranched alkanes of at least 4 members (excludes halogenated alkanes) is 1. The first-order valence-electron chi connectivity index (χ1n) is 7.69. The second-order valence-electron chi connectivity index (χ2n) is 5.26. The maximum atomic E-state index is 2.35. The van der Waals surface area contributed by atoms with Gasteiger partial charge in [0.1, 0.15) is 0 Å². The van der Waals surface area contributed by atoms with Crippen LogP contribution < -0.4 is 10.6 Å². The van der Waals surface area contributed by atoms with E-state index in [1.807, 2.05) is 0 Å². The third-order valence-corrected chi connectivity index (χ3v) is 6.54. The minimum Gasteiger partial charge on any atom is -0.0654 e. The van der Waals surface area contributed by atoms with Crippen LogP contribution in [-0.2, 0) is 6.42 Å². The Kier molecular flexibility index (Phi) is 5.80. The summed E-state index contributed by atoms with van der Waals surface area (Å²) < 4.78 is 0. The van der Waals surface area contributed by atoms with E-state index in [-0.39, 0.29) is 7.92 Å². The molecule has 0 radical (unpaired) electrons. The standard InChI is InChI=1S/C19H25P/c1-4-6-12-17-13-8-10-15-19(17)20(5-2)18-14-9-7-11-16(18)3/h7-11,13-15H,4-6,12H2,1-3H3. The van der Waals surface area contributed by atoms with Crippen LogP contribution in [0.4, 0.5) is 0 Å². The van der Waals surface area contributed by atoms with Crippen LogP contribution in [0.25, 0.3) is 0 Å². The highest BCUT2D eigenvalue weighted by Gasteiger charge is 2.16. The minimum absolute atomic E-state index is 0.207. The van der Waals surface area contributed by atoms with Crippen LogP contribution in [0.1, 0.15) is 37.8 Å². The van der Waals surface area contributed by atoms with E-state index >= 15 is 0 Å². The van der Waals surface area contributed by atoms with Crippen LogP contribution in [0.3, 0.4) is 0 Å². The van der Waals surface area contributed by atoms with Crippen molar-refractivity contribution in [3.63, 3.8) is 0 Å². The molecule has 0 nitrogen and oxygen atoms in total. The van der Waals surface area contributed by atoms with E-state index in [9.17, 15) is 0 Å². The zero-order valence-electron chi connectivity index (χ0n) is 12.9. The number of aryl methyl sites for hydroxylation is 2. The van der Waals surface area contributed by atoms with Gasteiger partial charge in [0.05, 0.1) is 0 Å². The second-order valence-corrected chi connectivity index (χ2v) is 7.72. The Balaban J connectivity index is 2.39. The topological polar surface area (TPSA) is 0 Å². The summed E-state index contributed by atoms with van der Waals surface area (Å²) >= 11 is 0. The van der Waals surface area contributed by atoms with Crippen molar-refractivity contribution in [2.75, 3.05) is 6.16 Å². The van der Waals surface area contributed by atoms with E-state index in [1.165, 1.54) is 31.0 Å². The van der Waals surface area contributed by atoms with Gasteiger partial charge in [-0.05, 0) is 55.6 Å². The minimum atomic E-state index is -0.207. The molecular weight excluding hydrogens is 259 g/mol. The summed E-state index contributed by atoms with van der Waals surface area (Å²) in [5.41, 5.74) is 3.00. The molecule has 0 N–H and O–H groups in total. The van der Waals surface area contributed by atoms with Gasteiger partial charge in [0.15, 0.2) is 0 Å². The fourth-order valence-corrected chi connectivity index (χ4v) is 5.20. The van der Waals surface area contributed by atoms with Gasteiger partial charge >= 0.3 is 0 Å². The Morgan fingerprint density at radius 2 is 1.50 bits per heavy atom. The highest BCUT2D eigenvalue weighted by molar-refractivity contribution is 7.73. The summed E-state index contributed by atoms with van der Waals surface area (Å²) in [6.07, 6.45) is 5.00. The van der Waals surface area contributed by atoms with Crippen molar-refractivity contribution in [1.29, 1.82) is 0 Å². The lowest BCUT2D eigenvalue weighted by Crippen LogP contribution is -2.19. The molecule has 0 bridgehead atoms. The first-order valence-corrected chi connectivity index (χ1v) is 9.21. The van der Waals surface area contributed by atoms with Crippen molar-refractivity contribution < 1.29 is 0 Å². The van der Waals surface area contributed by atoms with Gasteiger partial charge in [0, 0.05) is 0 Å². The van der Waals surface area contributed by atoms with Crippen molar-refractivity contribution in [3.05, 3.63) is 59.7 Å². The Morgan fingerprint density at radius 1 is 0.850 bits per heavy atom. The van der Waals surface area contributed by atoms with Crippen LogP contribution >= 0.6 is 7.92 Å². The van der Waals surface area contributed by atoms with E-state index in [4.69, 9.17) is 0 Å². The quantitative estimate of drug-likeness (QED) is 0.669. The zero-order chi connectivity index (χ0) is 14.4. The van der Waals surface area contributed by atoms with E-state index in [0.29, 0.717) is 0 Å². The van der Waals surface area contributed by atoms with Gasteiger partial charge in [-0.3, -0.25) is 0 Å². The highest BCUT2D eigenvalue weighted by Crippen LogP contribution is 2.35. The summed E-state index contributed by atoms with van der Waals surface area (Å²) in [6.45, 7) is 6.84. The van der Waals surface area contributed by atoms with E-state index in [0.717, 1.165) is 0 Å². The molecule has 106 valence electrons. The van der Waals surface area contributed by atoms with Crippen LogP contribution in [0.5, 0.6) is 0 Å². The van der Waals surface area contributed by atoms with Crippen LogP contribution in [0, 0.1) is 6.92 Å². The third kappa shape index (κ3) is 3.49. The van der Waals surface area contributed by atoms with Gasteiger partial charge in [-0.15, -0.1) is 0 Å². The Morgan fingerprint density at radius 3 is 2.15 bits per heavy atom. The smallest absolute Gasteiger partial charge is 0.0163 e. The molecule has 0 aliphatic carbocycles. The molecule has 2 rings (SSSR count). The van der Waals surface area contributed by atoms with Gasteiger partial charge in [-0.1, -0.05) is 68.8 Å². The predicted octanol–water partition coefficient (Wildman–Crippen LogP) is 4.79. The molecule has 1 atom stereocenters. The fourth-order valence-electron chi connectivity index (χ4n) is 2.69. The Labute approximate surface area is 125 Å². The van der Waals surface area contributed by atoms with Crippen molar-refractivity contribution in [3.8, 4) is 0 Å². The normalized spacial score (nSPS) is 12.3. The molecule has 0 aliphatic heterocycles. The van der Waals surface area contributed by atoms with Gasteiger partial charge in [-0.2, -0.15) is 0 Å². The Bertz CT molecular complexity index is 545. The second kappa shape index (κ2) is 7.60. The Hall–Kier alpha value is -1.13. The summed E-state index contributed by atoms with van der Waals surface area (Å²) in [7, 11) is -0.207. The first kappa shape index (κ1) is 15.3. The molecule has 1 heteroatoms. The molecule has 0 amide bonds. The lowest BCUT2D eigenvalue weighted by atomic mass is 10.1. The SMILES string of the molecule is CCCCc1ccccc1P(CC)c1ccccc1C. The summed E-state index contributed by atoms with van der Waals surface area (Å²) in [5, 5.41) is 3.14. The molecule has 2 aromatic carbocycles. The molecule has 0 aromatic heterocycles. The summed E-state index contributed by atoms with van der Waals surface area (Å²) in [6, 6.07) is 18.0. The molecule has 0 saturated heterocycles. The van der Waals surface area contributed by atoms with E-state index in [2.05, 4.69) is 69.3 Å². The summed E-state index contributed by atoms with van der Waals surface area (Å²) in [4.78, 5) is 0. The largest absolute Gasteiger partial charge is 0.0654 e. The van der Waals surface area contributed by atoms with Crippen LogP contribution in [0.2, 0.25) is 0 Å². The molecule has 0 spiro atoms. The molecule has 0 fully saturated rings. The lowest BCUT2D eigenvalue weighted by Gasteiger charge is -2.22. The summed E-state index contributed by atoms with van der Waals surface area (Å²) in [5.74, 6) is 0. The first-order chi connectivity index (χ1) is 9.77. The molecule has 0 heterocycles. The number of hydrogen-bond donors (Lipinski definition) is 0. The van der Waals surface area contributed by atoms with Gasteiger partial charge in [0.2, 0.25) is 0 Å².